The second-order valence-corrected chi connectivity index (χ2v) is 7.66. The molecule has 2 aliphatic heterocycles. The Morgan fingerprint density at radius 3 is 2.48 bits per heavy atom. The van der Waals surface area contributed by atoms with Crippen LogP contribution < -0.4 is 25.0 Å². The number of alkyl halides is 3. The van der Waals surface area contributed by atoms with Gasteiger partial charge in [-0.2, -0.15) is 13.2 Å². The van der Waals surface area contributed by atoms with E-state index in [0.29, 0.717) is 17.2 Å². The van der Waals surface area contributed by atoms with Gasteiger partial charge in [-0.05, 0) is 67.9 Å². The molecule has 2 aliphatic rings. The molecule has 0 saturated carbocycles. The molecule has 0 bridgehead atoms. The van der Waals surface area contributed by atoms with Gasteiger partial charge in [0.1, 0.15) is 0 Å². The number of thiocarbonyl (C=S) groups is 1. The van der Waals surface area contributed by atoms with Crippen LogP contribution in [0.4, 0.5) is 24.5 Å². The van der Waals surface area contributed by atoms with Crippen molar-refractivity contribution >= 4 is 34.6 Å². The molecule has 2 heterocycles. The summed E-state index contributed by atoms with van der Waals surface area (Å²) in [6, 6.07) is 8.19. The quantitative estimate of drug-likeness (QED) is 0.668. The molecular formula is C21H20F3N3O3S. The van der Waals surface area contributed by atoms with E-state index >= 15 is 0 Å². The average Bonchev–Trinajstić information content (AvgIpc) is 3.21. The molecule has 2 aromatic rings. The lowest BCUT2D eigenvalue weighted by Gasteiger charge is -2.31. The molecule has 10 heteroatoms. The van der Waals surface area contributed by atoms with Crippen molar-refractivity contribution in [2.75, 3.05) is 30.1 Å². The van der Waals surface area contributed by atoms with Crippen molar-refractivity contribution in [2.24, 2.45) is 0 Å². The number of fused-ring (bicyclic) bond motifs is 1. The van der Waals surface area contributed by atoms with Gasteiger partial charge in [-0.3, -0.25) is 10.1 Å². The summed E-state index contributed by atoms with van der Waals surface area (Å²) in [5.74, 6) is 0.464. The Bertz CT molecular complexity index is 1010. The van der Waals surface area contributed by atoms with E-state index in [1.807, 2.05) is 4.90 Å². The number of rotatable bonds is 3. The van der Waals surface area contributed by atoms with Crippen molar-refractivity contribution in [2.45, 2.75) is 25.4 Å². The van der Waals surface area contributed by atoms with Crippen molar-refractivity contribution in [3.8, 4) is 11.5 Å². The third-order valence-corrected chi connectivity index (χ3v) is 5.33. The molecule has 0 unspecified atom stereocenters. The molecule has 4 rings (SSSR count). The zero-order valence-electron chi connectivity index (χ0n) is 16.4. The fraction of sp³-hybridized carbons (Fsp3) is 0.333. The van der Waals surface area contributed by atoms with Gasteiger partial charge >= 0.3 is 6.18 Å². The zero-order chi connectivity index (χ0) is 22.0. The number of halogens is 3. The minimum Gasteiger partial charge on any atom is -0.454 e. The Balaban J connectivity index is 1.52. The summed E-state index contributed by atoms with van der Waals surface area (Å²) in [7, 11) is 0. The summed E-state index contributed by atoms with van der Waals surface area (Å²) < 4.78 is 50.2. The molecule has 0 aliphatic carbocycles. The van der Waals surface area contributed by atoms with Crippen molar-refractivity contribution in [3.05, 3.63) is 47.5 Å². The maximum absolute atomic E-state index is 13.3. The van der Waals surface area contributed by atoms with Crippen LogP contribution in [0.15, 0.2) is 36.4 Å². The van der Waals surface area contributed by atoms with Gasteiger partial charge in [0.25, 0.3) is 5.91 Å². The molecule has 1 amide bonds. The van der Waals surface area contributed by atoms with Gasteiger partial charge in [-0.1, -0.05) is 0 Å². The van der Waals surface area contributed by atoms with Crippen LogP contribution in [0.5, 0.6) is 11.5 Å². The Labute approximate surface area is 182 Å². The Morgan fingerprint density at radius 2 is 1.74 bits per heavy atom. The van der Waals surface area contributed by atoms with Gasteiger partial charge in [0.15, 0.2) is 16.6 Å². The van der Waals surface area contributed by atoms with Crippen LogP contribution in [0.25, 0.3) is 0 Å². The smallest absolute Gasteiger partial charge is 0.416 e. The Kier molecular flexibility index (Phi) is 5.90. The fourth-order valence-electron chi connectivity index (χ4n) is 3.59. The number of anilines is 2. The Morgan fingerprint density at radius 1 is 1.00 bits per heavy atom. The Hall–Kier alpha value is -3.01. The summed E-state index contributed by atoms with van der Waals surface area (Å²) in [6.45, 7) is 1.57. The largest absolute Gasteiger partial charge is 0.454 e. The first kappa shape index (κ1) is 21.2. The summed E-state index contributed by atoms with van der Waals surface area (Å²) >= 11 is 5.21. The highest BCUT2D eigenvalue weighted by molar-refractivity contribution is 7.80. The topological polar surface area (TPSA) is 62.8 Å². The number of nitrogens with zero attached hydrogens (tertiary/aromatic N) is 1. The number of amides is 1. The number of piperidine rings is 1. The van der Waals surface area contributed by atoms with Gasteiger partial charge in [0.05, 0.1) is 16.9 Å². The van der Waals surface area contributed by atoms with E-state index in [4.69, 9.17) is 21.7 Å². The summed E-state index contributed by atoms with van der Waals surface area (Å²) in [5.41, 5.74) is 0.314. The molecule has 164 valence electrons. The first-order chi connectivity index (χ1) is 14.8. The lowest BCUT2D eigenvalue weighted by atomic mass is 10.1. The van der Waals surface area contributed by atoms with E-state index in [2.05, 4.69) is 10.6 Å². The molecule has 0 atom stereocenters. The molecule has 0 spiro atoms. The van der Waals surface area contributed by atoms with E-state index in [0.717, 1.165) is 44.5 Å². The fourth-order valence-corrected chi connectivity index (χ4v) is 3.79. The molecular weight excluding hydrogens is 431 g/mol. The lowest BCUT2D eigenvalue weighted by Crippen LogP contribution is -2.35. The normalized spacial score (nSPS) is 15.5. The highest BCUT2D eigenvalue weighted by Crippen LogP contribution is 2.36. The van der Waals surface area contributed by atoms with Gasteiger partial charge in [-0.25, -0.2) is 0 Å². The van der Waals surface area contributed by atoms with Crippen LogP contribution in [0.3, 0.4) is 0 Å². The number of benzene rings is 2. The SMILES string of the molecule is O=C(NC(=S)Nc1cc(C(F)(F)F)ccc1N1CCCCC1)c1ccc2c(c1)OCO2. The third-order valence-electron chi connectivity index (χ3n) is 5.13. The highest BCUT2D eigenvalue weighted by Gasteiger charge is 2.32. The monoisotopic (exact) mass is 451 g/mol. The predicted molar refractivity (Wildman–Crippen MR) is 114 cm³/mol. The molecule has 6 nitrogen and oxygen atoms in total. The first-order valence-corrected chi connectivity index (χ1v) is 10.2. The van der Waals surface area contributed by atoms with E-state index in [-0.39, 0.29) is 23.2 Å². The van der Waals surface area contributed by atoms with Gasteiger partial charge in [-0.15, -0.1) is 0 Å². The van der Waals surface area contributed by atoms with Crippen LogP contribution in [0.2, 0.25) is 0 Å². The first-order valence-electron chi connectivity index (χ1n) is 9.79. The highest BCUT2D eigenvalue weighted by atomic mass is 32.1. The van der Waals surface area contributed by atoms with Crippen LogP contribution in [0, 0.1) is 0 Å². The van der Waals surface area contributed by atoms with Crippen molar-refractivity contribution in [1.82, 2.24) is 5.32 Å². The second kappa shape index (κ2) is 8.62. The van der Waals surface area contributed by atoms with E-state index in [1.54, 1.807) is 12.1 Å². The van der Waals surface area contributed by atoms with Crippen molar-refractivity contribution < 1.29 is 27.4 Å². The zero-order valence-corrected chi connectivity index (χ0v) is 17.2. The summed E-state index contributed by atoms with van der Waals surface area (Å²) in [6.07, 6.45) is -1.48. The van der Waals surface area contributed by atoms with E-state index in [1.165, 1.54) is 12.1 Å². The summed E-state index contributed by atoms with van der Waals surface area (Å²) in [4.78, 5) is 14.6. The third kappa shape index (κ3) is 4.84. The van der Waals surface area contributed by atoms with E-state index < -0.39 is 17.6 Å². The van der Waals surface area contributed by atoms with Crippen molar-refractivity contribution in [3.63, 3.8) is 0 Å². The van der Waals surface area contributed by atoms with Crippen molar-refractivity contribution in [1.29, 1.82) is 0 Å². The number of ether oxygens (including phenoxy) is 2. The molecule has 31 heavy (non-hydrogen) atoms. The molecule has 2 aromatic carbocycles. The standard InChI is InChI=1S/C21H20F3N3O3S/c22-21(23,24)14-5-6-16(27-8-2-1-3-9-27)15(11-14)25-20(31)26-19(28)13-4-7-17-18(10-13)30-12-29-17/h4-7,10-11H,1-3,8-9,12H2,(H2,25,26,28,31). The molecule has 1 saturated heterocycles. The minimum absolute atomic E-state index is 0.0786. The maximum atomic E-state index is 13.3. The average molecular weight is 451 g/mol. The lowest BCUT2D eigenvalue weighted by molar-refractivity contribution is -0.137. The van der Waals surface area contributed by atoms with Gasteiger partial charge in [0, 0.05) is 18.7 Å². The summed E-state index contributed by atoms with van der Waals surface area (Å²) in [5, 5.41) is 5.19. The number of hydrogen-bond acceptors (Lipinski definition) is 5. The van der Waals surface area contributed by atoms with Gasteiger partial charge in [0.2, 0.25) is 6.79 Å². The number of nitrogens with one attached hydrogen (secondary N) is 2. The number of carbonyl (C=O) groups is 1. The number of hydrogen-bond donors (Lipinski definition) is 2. The molecule has 0 aromatic heterocycles. The van der Waals surface area contributed by atoms with Crippen LogP contribution in [0.1, 0.15) is 35.2 Å². The van der Waals surface area contributed by atoms with Crippen LogP contribution in [-0.2, 0) is 6.18 Å². The van der Waals surface area contributed by atoms with Gasteiger partial charge < -0.3 is 19.7 Å². The maximum Gasteiger partial charge on any atom is 0.416 e. The predicted octanol–water partition coefficient (Wildman–Crippen LogP) is 4.55. The van der Waals surface area contributed by atoms with Crippen LogP contribution >= 0.6 is 12.2 Å². The molecule has 2 N–H and O–H groups in total. The second-order valence-electron chi connectivity index (χ2n) is 7.25. The molecule has 1 fully saturated rings. The van der Waals surface area contributed by atoms with E-state index in [9.17, 15) is 18.0 Å². The minimum atomic E-state index is -4.49. The molecule has 0 radical (unpaired) electrons. The number of carbonyl (C=O) groups excluding carboxylic acids is 1. The van der Waals surface area contributed by atoms with Crippen LogP contribution in [-0.4, -0.2) is 30.9 Å².